The first-order chi connectivity index (χ1) is 14.3. The van der Waals surface area contributed by atoms with Gasteiger partial charge in [0, 0.05) is 24.5 Å². The lowest BCUT2D eigenvalue weighted by Crippen LogP contribution is -2.26. The molecule has 0 aliphatic heterocycles. The SMILES string of the molecule is Cc1cc(C(F)(F)F)n2nc(C(=O)NCCCn3nc(C(F)(F)F)cc3C)c(Br)c2n1. The molecule has 3 aromatic heterocycles. The number of alkyl halides is 6. The Morgan fingerprint density at radius 2 is 1.77 bits per heavy atom. The van der Waals surface area contributed by atoms with Crippen molar-refractivity contribution in [3.8, 4) is 0 Å². The molecule has 3 rings (SSSR count). The molecule has 0 fully saturated rings. The smallest absolute Gasteiger partial charge is 0.351 e. The first-order valence-corrected chi connectivity index (χ1v) is 9.61. The molecule has 0 unspecified atom stereocenters. The second kappa shape index (κ2) is 8.13. The lowest BCUT2D eigenvalue weighted by Gasteiger charge is -2.09. The summed E-state index contributed by atoms with van der Waals surface area (Å²) in [5, 5.41) is 9.70. The van der Waals surface area contributed by atoms with Gasteiger partial charge in [0.15, 0.2) is 17.0 Å². The standard InChI is InChI=1S/C17H15BrF6N6O/c1-8-6-11(17(22,23)24)30-14(26-8)12(18)13(28-30)15(31)25-4-3-5-29-9(2)7-10(27-29)16(19,20)21/h6-7H,3-5H2,1-2H3,(H,25,31). The summed E-state index contributed by atoms with van der Waals surface area (Å²) in [6.07, 6.45) is -9.02. The molecule has 0 saturated carbocycles. The lowest BCUT2D eigenvalue weighted by molar-refractivity contribution is -0.143. The van der Waals surface area contributed by atoms with Crippen LogP contribution in [-0.4, -0.2) is 36.8 Å². The maximum atomic E-state index is 13.3. The average molecular weight is 513 g/mol. The van der Waals surface area contributed by atoms with Crippen molar-refractivity contribution >= 4 is 27.5 Å². The van der Waals surface area contributed by atoms with Crippen molar-refractivity contribution < 1.29 is 31.1 Å². The first kappa shape index (κ1) is 23.0. The van der Waals surface area contributed by atoms with E-state index >= 15 is 0 Å². The van der Waals surface area contributed by atoms with E-state index in [1.54, 1.807) is 0 Å². The summed E-state index contributed by atoms with van der Waals surface area (Å²) in [4.78, 5) is 16.4. The van der Waals surface area contributed by atoms with Gasteiger partial charge in [-0.1, -0.05) is 0 Å². The van der Waals surface area contributed by atoms with Gasteiger partial charge in [-0.3, -0.25) is 9.48 Å². The van der Waals surface area contributed by atoms with Crippen molar-refractivity contribution in [3.05, 3.63) is 45.1 Å². The number of aryl methyl sites for hydroxylation is 3. The van der Waals surface area contributed by atoms with Crippen molar-refractivity contribution in [1.29, 1.82) is 0 Å². The van der Waals surface area contributed by atoms with Gasteiger partial charge in [0.25, 0.3) is 5.91 Å². The fourth-order valence-electron chi connectivity index (χ4n) is 2.85. The van der Waals surface area contributed by atoms with E-state index in [0.717, 1.165) is 16.8 Å². The largest absolute Gasteiger partial charge is 0.435 e. The van der Waals surface area contributed by atoms with Gasteiger partial charge in [-0.05, 0) is 48.3 Å². The van der Waals surface area contributed by atoms with E-state index in [1.165, 1.54) is 13.8 Å². The monoisotopic (exact) mass is 512 g/mol. The zero-order valence-electron chi connectivity index (χ0n) is 16.1. The maximum Gasteiger partial charge on any atom is 0.435 e. The molecule has 0 aliphatic carbocycles. The summed E-state index contributed by atoms with van der Waals surface area (Å²) >= 11 is 3.07. The van der Waals surface area contributed by atoms with Gasteiger partial charge in [-0.15, -0.1) is 0 Å². The van der Waals surface area contributed by atoms with Crippen LogP contribution in [0.15, 0.2) is 16.6 Å². The molecule has 0 radical (unpaired) electrons. The molecule has 0 spiro atoms. The third kappa shape index (κ3) is 4.83. The number of fused-ring (bicyclic) bond motifs is 1. The Morgan fingerprint density at radius 1 is 1.10 bits per heavy atom. The molecule has 0 aliphatic rings. The van der Waals surface area contributed by atoms with Crippen molar-refractivity contribution in [3.63, 3.8) is 0 Å². The Hall–Kier alpha value is -2.64. The molecule has 0 aromatic carbocycles. The van der Waals surface area contributed by atoms with Gasteiger partial charge in [0.1, 0.15) is 5.69 Å². The van der Waals surface area contributed by atoms with Crippen LogP contribution in [-0.2, 0) is 18.9 Å². The van der Waals surface area contributed by atoms with E-state index in [0.29, 0.717) is 10.2 Å². The van der Waals surface area contributed by atoms with E-state index in [1.807, 2.05) is 0 Å². The van der Waals surface area contributed by atoms with Crippen LogP contribution in [0.25, 0.3) is 5.65 Å². The summed E-state index contributed by atoms with van der Waals surface area (Å²) in [6.45, 7) is 3.00. The van der Waals surface area contributed by atoms with Gasteiger partial charge in [-0.25, -0.2) is 9.50 Å². The highest BCUT2D eigenvalue weighted by molar-refractivity contribution is 9.10. The minimum absolute atomic E-state index is 0.00283. The van der Waals surface area contributed by atoms with E-state index < -0.39 is 29.6 Å². The molecule has 3 heterocycles. The molecule has 14 heteroatoms. The van der Waals surface area contributed by atoms with Gasteiger partial charge in [-0.2, -0.15) is 36.5 Å². The van der Waals surface area contributed by atoms with Crippen LogP contribution in [0.1, 0.15) is 39.7 Å². The Morgan fingerprint density at radius 3 is 2.35 bits per heavy atom. The predicted octanol–water partition coefficient (Wildman–Crippen LogP) is 4.16. The molecule has 0 bridgehead atoms. The summed E-state index contributed by atoms with van der Waals surface area (Å²) in [5.41, 5.74) is -2.14. The Labute approximate surface area is 179 Å². The lowest BCUT2D eigenvalue weighted by atomic mass is 10.3. The normalized spacial score (nSPS) is 12.5. The number of carbonyl (C=O) groups excluding carboxylic acids is 1. The Bertz CT molecular complexity index is 1130. The van der Waals surface area contributed by atoms with Crippen LogP contribution >= 0.6 is 15.9 Å². The number of rotatable bonds is 5. The van der Waals surface area contributed by atoms with Gasteiger partial charge >= 0.3 is 12.4 Å². The molecule has 168 valence electrons. The molecular weight excluding hydrogens is 498 g/mol. The van der Waals surface area contributed by atoms with Crippen LogP contribution in [0, 0.1) is 13.8 Å². The highest BCUT2D eigenvalue weighted by atomic mass is 79.9. The number of amides is 1. The van der Waals surface area contributed by atoms with Gasteiger partial charge < -0.3 is 5.32 Å². The van der Waals surface area contributed by atoms with E-state index in [9.17, 15) is 31.1 Å². The summed E-state index contributed by atoms with van der Waals surface area (Å²) in [7, 11) is 0. The second-order valence-corrected chi connectivity index (χ2v) is 7.47. The predicted molar refractivity (Wildman–Crippen MR) is 99.3 cm³/mol. The second-order valence-electron chi connectivity index (χ2n) is 6.68. The highest BCUT2D eigenvalue weighted by Crippen LogP contribution is 2.32. The zero-order valence-corrected chi connectivity index (χ0v) is 17.7. The van der Waals surface area contributed by atoms with E-state index in [-0.39, 0.29) is 41.0 Å². The molecule has 1 amide bonds. The number of hydrogen-bond donors (Lipinski definition) is 1. The third-order valence-corrected chi connectivity index (χ3v) is 5.00. The third-order valence-electron chi connectivity index (χ3n) is 4.27. The minimum atomic E-state index is -4.71. The van der Waals surface area contributed by atoms with Crippen LogP contribution in [0.5, 0.6) is 0 Å². The van der Waals surface area contributed by atoms with Crippen molar-refractivity contribution in [2.24, 2.45) is 0 Å². The maximum absolute atomic E-state index is 13.3. The number of halogens is 7. The van der Waals surface area contributed by atoms with E-state index in [4.69, 9.17) is 0 Å². The molecule has 0 saturated heterocycles. The molecule has 7 nitrogen and oxygen atoms in total. The zero-order chi connectivity index (χ0) is 23.1. The molecule has 1 N–H and O–H groups in total. The van der Waals surface area contributed by atoms with Gasteiger partial charge in [0.05, 0.1) is 4.47 Å². The summed E-state index contributed by atoms with van der Waals surface area (Å²) in [5.74, 6) is -0.753. The first-order valence-electron chi connectivity index (χ1n) is 8.82. The average Bonchev–Trinajstić information content (AvgIpc) is 3.18. The number of nitrogens with one attached hydrogen (secondary N) is 1. The molecule has 0 atom stereocenters. The van der Waals surface area contributed by atoms with Gasteiger partial charge in [0.2, 0.25) is 0 Å². The number of nitrogens with zero attached hydrogens (tertiary/aromatic N) is 5. The van der Waals surface area contributed by atoms with Crippen LogP contribution in [0.3, 0.4) is 0 Å². The highest BCUT2D eigenvalue weighted by Gasteiger charge is 2.36. The molecule has 3 aromatic rings. The minimum Gasteiger partial charge on any atom is -0.351 e. The van der Waals surface area contributed by atoms with E-state index in [2.05, 4.69) is 36.4 Å². The number of hydrogen-bond acceptors (Lipinski definition) is 4. The molecule has 31 heavy (non-hydrogen) atoms. The van der Waals surface area contributed by atoms with Crippen molar-refractivity contribution in [2.75, 3.05) is 6.54 Å². The van der Waals surface area contributed by atoms with Crippen LogP contribution in [0.2, 0.25) is 0 Å². The fourth-order valence-corrected chi connectivity index (χ4v) is 3.37. The summed E-state index contributed by atoms with van der Waals surface area (Å²) < 4.78 is 79.6. The number of carbonyl (C=O) groups is 1. The number of aromatic nitrogens is 5. The van der Waals surface area contributed by atoms with Crippen molar-refractivity contribution in [1.82, 2.24) is 29.7 Å². The van der Waals surface area contributed by atoms with Crippen molar-refractivity contribution in [2.45, 2.75) is 39.2 Å². The Balaban J connectivity index is 1.70. The topological polar surface area (TPSA) is 77.1 Å². The van der Waals surface area contributed by atoms with Crippen LogP contribution in [0.4, 0.5) is 26.3 Å². The Kier molecular flexibility index (Phi) is 6.04. The summed E-state index contributed by atoms with van der Waals surface area (Å²) in [6, 6.07) is 1.73. The van der Waals surface area contributed by atoms with Crippen LogP contribution < -0.4 is 5.32 Å². The fraction of sp³-hybridized carbons (Fsp3) is 0.412. The quantitative estimate of drug-likeness (QED) is 0.411. The molecular formula is C17H15BrF6N6O.